The summed E-state index contributed by atoms with van der Waals surface area (Å²) in [5.41, 5.74) is 0.783. The van der Waals surface area contributed by atoms with Gasteiger partial charge in [0.05, 0.1) is 5.60 Å². The van der Waals surface area contributed by atoms with E-state index < -0.39 is 11.2 Å². The van der Waals surface area contributed by atoms with Gasteiger partial charge in [0.1, 0.15) is 11.7 Å². The second kappa shape index (κ2) is 6.33. The number of phenols is 1. The Balaban J connectivity index is 1.47. The molecule has 1 aromatic carbocycles. The summed E-state index contributed by atoms with van der Waals surface area (Å²) in [6, 6.07) is 4.46. The number of likely N-dealkylation sites (tertiary alicyclic amines) is 1. The molecule has 5 aliphatic carbocycles. The molecule has 2 heterocycles. The molecule has 5 heteroatoms. The second-order valence-corrected chi connectivity index (χ2v) is 13.8. The SMILES string of the molecule is CO[C@@]12CC[C@]3(C[C@H]1[C@](C)(O)C(C)(C)C)[C@@H]1Cc4ccc(O)c5c4[C@]3(CCN1CC1CC1)[C@@H]2O5. The van der Waals surface area contributed by atoms with Gasteiger partial charge >= 0.3 is 0 Å². The molecule has 7 aliphatic rings. The zero-order valence-electron chi connectivity index (χ0n) is 21.5. The molecule has 0 radical (unpaired) electrons. The highest BCUT2D eigenvalue weighted by Gasteiger charge is 2.82. The van der Waals surface area contributed by atoms with Crippen LogP contribution < -0.4 is 4.74 Å². The fourth-order valence-electron chi connectivity index (χ4n) is 9.58. The molecule has 2 spiro atoms. The number of hydrogen-bond acceptors (Lipinski definition) is 5. The summed E-state index contributed by atoms with van der Waals surface area (Å²) in [5.74, 6) is 1.80. The first-order chi connectivity index (χ1) is 16.0. The summed E-state index contributed by atoms with van der Waals surface area (Å²) >= 11 is 0. The second-order valence-electron chi connectivity index (χ2n) is 13.8. The quantitative estimate of drug-likeness (QED) is 0.687. The number of fused-ring (bicyclic) bond motifs is 2. The van der Waals surface area contributed by atoms with Gasteiger partial charge in [0.25, 0.3) is 0 Å². The van der Waals surface area contributed by atoms with Crippen LogP contribution in [0.5, 0.6) is 11.5 Å². The molecule has 7 atom stereocenters. The first-order valence-corrected chi connectivity index (χ1v) is 13.6. The summed E-state index contributed by atoms with van der Waals surface area (Å²) in [6.07, 6.45) is 7.64. The van der Waals surface area contributed by atoms with E-state index in [1.165, 1.54) is 30.5 Å². The van der Waals surface area contributed by atoms with Gasteiger partial charge in [-0.25, -0.2) is 0 Å². The van der Waals surface area contributed by atoms with Crippen molar-refractivity contribution in [3.8, 4) is 11.5 Å². The molecule has 186 valence electrons. The maximum atomic E-state index is 12.2. The predicted octanol–water partition coefficient (Wildman–Crippen LogP) is 4.41. The lowest BCUT2D eigenvalue weighted by Crippen LogP contribution is -2.83. The Morgan fingerprint density at radius 3 is 2.59 bits per heavy atom. The molecule has 2 N–H and O–H groups in total. The third-order valence-corrected chi connectivity index (χ3v) is 11.9. The number of methoxy groups -OCH3 is 1. The van der Waals surface area contributed by atoms with Crippen LogP contribution in [-0.2, 0) is 16.6 Å². The lowest BCUT2D eigenvalue weighted by atomic mass is 9.33. The highest BCUT2D eigenvalue weighted by Crippen LogP contribution is 2.78. The number of rotatable bonds is 4. The third kappa shape index (κ3) is 2.25. The van der Waals surface area contributed by atoms with E-state index in [0.717, 1.165) is 44.6 Å². The van der Waals surface area contributed by atoms with Crippen LogP contribution in [0.25, 0.3) is 0 Å². The Morgan fingerprint density at radius 2 is 1.91 bits per heavy atom. The molecule has 0 aromatic heterocycles. The van der Waals surface area contributed by atoms with Crippen molar-refractivity contribution in [2.45, 2.75) is 101 Å². The fraction of sp³-hybridized carbons (Fsp3) is 0.793. The maximum Gasteiger partial charge on any atom is 0.165 e. The fourth-order valence-corrected chi connectivity index (χ4v) is 9.58. The van der Waals surface area contributed by atoms with Crippen molar-refractivity contribution in [3.05, 3.63) is 23.3 Å². The molecule has 0 amide bonds. The van der Waals surface area contributed by atoms with E-state index in [0.29, 0.717) is 11.8 Å². The Hall–Kier alpha value is -1.30. The van der Waals surface area contributed by atoms with Crippen molar-refractivity contribution in [3.63, 3.8) is 0 Å². The van der Waals surface area contributed by atoms with E-state index in [-0.39, 0.29) is 34.0 Å². The average molecular weight is 468 g/mol. The van der Waals surface area contributed by atoms with Crippen LogP contribution in [0.15, 0.2) is 12.1 Å². The lowest BCUT2D eigenvalue weighted by molar-refractivity contribution is -0.312. The van der Waals surface area contributed by atoms with Crippen LogP contribution in [0.4, 0.5) is 0 Å². The molecule has 5 fully saturated rings. The van der Waals surface area contributed by atoms with Crippen LogP contribution in [0.2, 0.25) is 0 Å². The van der Waals surface area contributed by atoms with Crippen molar-refractivity contribution in [1.82, 2.24) is 4.90 Å². The topological polar surface area (TPSA) is 62.2 Å². The number of phenolic OH excluding ortho intramolecular Hbond substituents is 1. The minimum absolute atomic E-state index is 0.0294. The van der Waals surface area contributed by atoms with Gasteiger partial charge in [0, 0.05) is 42.0 Å². The van der Waals surface area contributed by atoms with Crippen molar-refractivity contribution in [2.24, 2.45) is 22.7 Å². The average Bonchev–Trinajstić information content (AvgIpc) is 3.53. The van der Waals surface area contributed by atoms with Gasteiger partial charge < -0.3 is 19.7 Å². The summed E-state index contributed by atoms with van der Waals surface area (Å²) < 4.78 is 13.5. The molecule has 2 aliphatic heterocycles. The normalized spacial score (nSPS) is 43.9. The minimum atomic E-state index is -0.909. The van der Waals surface area contributed by atoms with Crippen LogP contribution in [0.1, 0.15) is 77.3 Å². The maximum absolute atomic E-state index is 12.2. The highest BCUT2D eigenvalue weighted by molar-refractivity contribution is 5.63. The molecular weight excluding hydrogens is 426 g/mol. The van der Waals surface area contributed by atoms with Crippen molar-refractivity contribution >= 4 is 0 Å². The summed E-state index contributed by atoms with van der Waals surface area (Å²) in [6.45, 7) is 10.8. The Kier molecular flexibility index (Phi) is 4.08. The minimum Gasteiger partial charge on any atom is -0.504 e. The van der Waals surface area contributed by atoms with Crippen molar-refractivity contribution in [2.75, 3.05) is 20.2 Å². The number of ether oxygens (including phenoxy) is 2. The predicted molar refractivity (Wildman–Crippen MR) is 130 cm³/mol. The lowest BCUT2D eigenvalue weighted by Gasteiger charge is -2.75. The van der Waals surface area contributed by atoms with Crippen LogP contribution >= 0.6 is 0 Å². The number of aliphatic hydroxyl groups is 1. The number of benzene rings is 1. The third-order valence-electron chi connectivity index (χ3n) is 11.9. The molecule has 1 aromatic rings. The molecule has 1 saturated heterocycles. The zero-order valence-corrected chi connectivity index (χ0v) is 21.5. The number of nitrogens with zero attached hydrogens (tertiary/aromatic N) is 1. The summed E-state index contributed by atoms with van der Waals surface area (Å²) in [4.78, 5) is 2.82. The number of hydrogen-bond donors (Lipinski definition) is 2. The first-order valence-electron chi connectivity index (χ1n) is 13.6. The van der Waals surface area contributed by atoms with Gasteiger partial charge in [0.2, 0.25) is 0 Å². The summed E-state index contributed by atoms with van der Waals surface area (Å²) in [7, 11) is 1.83. The molecule has 0 unspecified atom stereocenters. The number of piperidine rings is 1. The first kappa shape index (κ1) is 21.9. The molecular formula is C29H41NO4. The largest absolute Gasteiger partial charge is 0.504 e. The van der Waals surface area contributed by atoms with Gasteiger partial charge in [-0.15, -0.1) is 0 Å². The molecule has 4 saturated carbocycles. The Morgan fingerprint density at radius 1 is 1.15 bits per heavy atom. The van der Waals surface area contributed by atoms with Gasteiger partial charge in [-0.3, -0.25) is 4.90 Å². The molecule has 34 heavy (non-hydrogen) atoms. The number of aromatic hydroxyl groups is 1. The van der Waals surface area contributed by atoms with Gasteiger partial charge in [-0.1, -0.05) is 26.8 Å². The van der Waals surface area contributed by atoms with Gasteiger partial charge in [0.15, 0.2) is 11.5 Å². The van der Waals surface area contributed by atoms with Crippen LogP contribution in [0.3, 0.4) is 0 Å². The van der Waals surface area contributed by atoms with Gasteiger partial charge in [-0.2, -0.15) is 0 Å². The summed E-state index contributed by atoms with van der Waals surface area (Å²) in [5, 5.41) is 23.2. The van der Waals surface area contributed by atoms with Crippen molar-refractivity contribution < 1.29 is 19.7 Å². The standard InChI is InChI=1S/C29H41NO4/c1-25(2,3)26(4,32)20-15-27-10-11-29(20,33-5)24-28(27)12-13-30(16-17-6-7-17)21(27)14-18-8-9-19(31)23(34-24)22(18)28/h8-9,17,20-21,24,31-32H,6-7,10-16H2,1-5H3/t20-,21-,24-,26-,27-,28+,29-/m0/s1. The smallest absolute Gasteiger partial charge is 0.165 e. The van der Waals surface area contributed by atoms with Gasteiger partial charge in [-0.05, 0) is 81.4 Å². The van der Waals surface area contributed by atoms with E-state index in [2.05, 4.69) is 31.7 Å². The van der Waals surface area contributed by atoms with E-state index in [4.69, 9.17) is 9.47 Å². The van der Waals surface area contributed by atoms with Crippen LogP contribution in [0, 0.1) is 22.7 Å². The van der Waals surface area contributed by atoms with E-state index in [9.17, 15) is 10.2 Å². The van der Waals surface area contributed by atoms with E-state index in [1.807, 2.05) is 20.1 Å². The van der Waals surface area contributed by atoms with Crippen LogP contribution in [-0.4, -0.2) is 58.7 Å². The van der Waals surface area contributed by atoms with E-state index >= 15 is 0 Å². The monoisotopic (exact) mass is 467 g/mol. The van der Waals surface area contributed by atoms with Crippen molar-refractivity contribution in [1.29, 1.82) is 0 Å². The Labute approximate surface area is 203 Å². The molecule has 4 bridgehead atoms. The highest BCUT2D eigenvalue weighted by atomic mass is 16.6. The Bertz CT molecular complexity index is 1060. The molecule has 5 nitrogen and oxygen atoms in total. The molecule has 8 rings (SSSR count). The zero-order chi connectivity index (χ0) is 23.9. The van der Waals surface area contributed by atoms with E-state index in [1.54, 1.807) is 0 Å².